The summed E-state index contributed by atoms with van der Waals surface area (Å²) >= 11 is 0. The summed E-state index contributed by atoms with van der Waals surface area (Å²) in [5.41, 5.74) is 3.30. The second kappa shape index (κ2) is 7.22. The average molecular weight is 347 g/mol. The van der Waals surface area contributed by atoms with Gasteiger partial charge in [-0.15, -0.1) is 0 Å². The van der Waals surface area contributed by atoms with Crippen molar-refractivity contribution in [3.05, 3.63) is 64.6 Å². The lowest BCUT2D eigenvalue weighted by Gasteiger charge is -2.05. The predicted octanol–water partition coefficient (Wildman–Crippen LogP) is 0.792. The summed E-state index contributed by atoms with van der Waals surface area (Å²) < 4.78 is 24.1. The zero-order valence-corrected chi connectivity index (χ0v) is 14.1. The third-order valence-electron chi connectivity index (χ3n) is 3.26. The molecule has 0 spiro atoms. The fraction of sp³-hybridized carbons (Fsp3) is 0.188. The lowest BCUT2D eigenvalue weighted by Crippen LogP contribution is -2.29. The van der Waals surface area contributed by atoms with Gasteiger partial charge in [-0.3, -0.25) is 9.59 Å². The molecule has 0 bridgehead atoms. The lowest BCUT2D eigenvalue weighted by molar-refractivity contribution is -0.121. The lowest BCUT2D eigenvalue weighted by atomic mass is 10.1. The molecule has 2 aromatic rings. The second-order valence-electron chi connectivity index (χ2n) is 5.20. The molecule has 126 valence electrons. The monoisotopic (exact) mass is 347 g/mol. The third kappa shape index (κ3) is 4.63. The molecule has 24 heavy (non-hydrogen) atoms. The van der Waals surface area contributed by atoms with Gasteiger partial charge in [0, 0.05) is 18.5 Å². The van der Waals surface area contributed by atoms with E-state index in [9.17, 15) is 18.0 Å². The number of carbonyl (C=O) groups is 1. The minimum absolute atomic E-state index is 0.135. The highest BCUT2D eigenvalue weighted by atomic mass is 32.2. The van der Waals surface area contributed by atoms with E-state index in [1.165, 1.54) is 29.0 Å². The zero-order chi connectivity index (χ0) is 17.7. The molecule has 0 aliphatic carbocycles. The molecule has 1 aromatic heterocycles. The highest BCUT2D eigenvalue weighted by molar-refractivity contribution is 7.90. The molecule has 8 heteroatoms. The molecule has 0 saturated heterocycles. The molecule has 0 aliphatic heterocycles. The van der Waals surface area contributed by atoms with Gasteiger partial charge in [0.2, 0.25) is 0 Å². The number of amides is 1. The molecule has 0 radical (unpaired) electrons. The molecule has 1 amide bonds. The number of hydrogen-bond acceptors (Lipinski definition) is 5. The van der Waals surface area contributed by atoms with Gasteiger partial charge in [-0.1, -0.05) is 18.2 Å². The molecule has 1 aromatic carbocycles. The van der Waals surface area contributed by atoms with Crippen LogP contribution in [0, 0.1) is 0 Å². The second-order valence-corrected chi connectivity index (χ2v) is 7.21. The largest absolute Gasteiger partial charge is 0.306 e. The minimum atomic E-state index is -3.25. The van der Waals surface area contributed by atoms with Crippen molar-refractivity contribution >= 4 is 21.5 Å². The van der Waals surface area contributed by atoms with E-state index in [1.807, 2.05) is 0 Å². The van der Waals surface area contributed by atoms with Gasteiger partial charge in [0.05, 0.1) is 10.6 Å². The quantitative estimate of drug-likeness (QED) is 0.639. The standard InChI is InChI=1S/C16H17N3O4S/c1-12(13-6-8-14(9-7-13)24(2,22)23)17-18-15(20)11-19-10-4-3-5-16(19)21/h3-10H,11H2,1-2H3,(H,18,20)/b17-12-. The summed E-state index contributed by atoms with van der Waals surface area (Å²) in [7, 11) is -3.25. The van der Waals surface area contributed by atoms with E-state index in [0.717, 1.165) is 6.26 Å². The summed E-state index contributed by atoms with van der Waals surface area (Å²) in [5, 5.41) is 3.96. The Hall–Kier alpha value is -2.74. The highest BCUT2D eigenvalue weighted by Crippen LogP contribution is 2.10. The summed E-state index contributed by atoms with van der Waals surface area (Å²) in [6.07, 6.45) is 2.65. The average Bonchev–Trinajstić information content (AvgIpc) is 2.54. The Morgan fingerprint density at radius 1 is 1.17 bits per heavy atom. The topological polar surface area (TPSA) is 97.6 Å². The Bertz CT molecular complexity index is 928. The van der Waals surface area contributed by atoms with E-state index < -0.39 is 15.7 Å². The van der Waals surface area contributed by atoms with Crippen LogP contribution < -0.4 is 11.0 Å². The van der Waals surface area contributed by atoms with Crippen LogP contribution in [0.15, 0.2) is 63.5 Å². The molecule has 0 fully saturated rings. The molecule has 0 saturated carbocycles. The SMILES string of the molecule is C/C(=N/NC(=O)Cn1ccccc1=O)c1ccc(S(C)(=O)=O)cc1. The number of benzene rings is 1. The number of pyridine rings is 1. The van der Waals surface area contributed by atoms with Gasteiger partial charge in [-0.25, -0.2) is 13.8 Å². The van der Waals surface area contributed by atoms with Gasteiger partial charge >= 0.3 is 0 Å². The molecular weight excluding hydrogens is 330 g/mol. The van der Waals surface area contributed by atoms with Gasteiger partial charge in [0.1, 0.15) is 6.54 Å². The van der Waals surface area contributed by atoms with E-state index in [2.05, 4.69) is 10.5 Å². The fourth-order valence-electron chi connectivity index (χ4n) is 1.94. The predicted molar refractivity (Wildman–Crippen MR) is 90.6 cm³/mol. The first-order chi connectivity index (χ1) is 11.3. The van der Waals surface area contributed by atoms with Gasteiger partial charge in [-0.05, 0) is 30.7 Å². The highest BCUT2D eigenvalue weighted by Gasteiger charge is 2.07. The van der Waals surface area contributed by atoms with Crippen molar-refractivity contribution in [2.24, 2.45) is 5.10 Å². The van der Waals surface area contributed by atoms with Crippen LogP contribution in [0.4, 0.5) is 0 Å². The van der Waals surface area contributed by atoms with Gasteiger partial charge in [-0.2, -0.15) is 5.10 Å². The Balaban J connectivity index is 2.04. The van der Waals surface area contributed by atoms with E-state index in [-0.39, 0.29) is 17.0 Å². The normalized spacial score (nSPS) is 12.0. The van der Waals surface area contributed by atoms with E-state index in [1.54, 1.807) is 31.2 Å². The van der Waals surface area contributed by atoms with Crippen LogP contribution in [0.25, 0.3) is 0 Å². The fourth-order valence-corrected chi connectivity index (χ4v) is 2.57. The Labute approximate surface area is 139 Å². The molecular formula is C16H17N3O4S. The van der Waals surface area contributed by atoms with Crippen molar-refractivity contribution in [3.63, 3.8) is 0 Å². The van der Waals surface area contributed by atoms with Crippen LogP contribution in [0.2, 0.25) is 0 Å². The number of sulfone groups is 1. The molecule has 1 N–H and O–H groups in total. The maximum absolute atomic E-state index is 11.8. The van der Waals surface area contributed by atoms with Crippen LogP contribution in [-0.2, 0) is 21.2 Å². The molecule has 0 atom stereocenters. The number of aromatic nitrogens is 1. The molecule has 7 nitrogen and oxygen atoms in total. The third-order valence-corrected chi connectivity index (χ3v) is 4.39. The van der Waals surface area contributed by atoms with Gasteiger partial charge < -0.3 is 4.57 Å². The zero-order valence-electron chi connectivity index (χ0n) is 13.3. The van der Waals surface area contributed by atoms with E-state index in [0.29, 0.717) is 11.3 Å². The summed E-state index contributed by atoms with van der Waals surface area (Å²) in [5.74, 6) is -0.435. The first-order valence-corrected chi connectivity index (χ1v) is 8.95. The number of hydrogen-bond donors (Lipinski definition) is 1. The van der Waals surface area contributed by atoms with Crippen molar-refractivity contribution in [3.8, 4) is 0 Å². The molecule has 0 aliphatic rings. The van der Waals surface area contributed by atoms with Crippen molar-refractivity contribution in [2.75, 3.05) is 6.26 Å². The van der Waals surface area contributed by atoms with Crippen LogP contribution in [-0.4, -0.2) is 30.9 Å². The number of nitrogens with one attached hydrogen (secondary N) is 1. The van der Waals surface area contributed by atoms with E-state index in [4.69, 9.17) is 0 Å². The first kappa shape index (κ1) is 17.6. The van der Waals surface area contributed by atoms with Crippen LogP contribution in [0.3, 0.4) is 0 Å². The Kier molecular flexibility index (Phi) is 5.30. The van der Waals surface area contributed by atoms with Crippen molar-refractivity contribution in [1.82, 2.24) is 9.99 Å². The van der Waals surface area contributed by atoms with Crippen LogP contribution in [0.5, 0.6) is 0 Å². The van der Waals surface area contributed by atoms with Gasteiger partial charge in [0.15, 0.2) is 9.84 Å². The maximum Gasteiger partial charge on any atom is 0.260 e. The summed E-state index contributed by atoms with van der Waals surface area (Å²) in [6.45, 7) is 1.55. The number of rotatable bonds is 5. The summed E-state index contributed by atoms with van der Waals surface area (Å²) in [6, 6.07) is 10.8. The smallest absolute Gasteiger partial charge is 0.260 e. The Morgan fingerprint density at radius 3 is 2.42 bits per heavy atom. The molecule has 1 heterocycles. The number of nitrogens with zero attached hydrogens (tertiary/aromatic N) is 2. The van der Waals surface area contributed by atoms with Gasteiger partial charge in [0.25, 0.3) is 11.5 Å². The van der Waals surface area contributed by atoms with Crippen molar-refractivity contribution in [1.29, 1.82) is 0 Å². The van der Waals surface area contributed by atoms with Crippen LogP contribution in [0.1, 0.15) is 12.5 Å². The Morgan fingerprint density at radius 2 is 1.83 bits per heavy atom. The number of carbonyl (C=O) groups excluding carboxylic acids is 1. The molecule has 2 rings (SSSR count). The number of hydrazone groups is 1. The van der Waals surface area contributed by atoms with E-state index >= 15 is 0 Å². The molecule has 0 unspecified atom stereocenters. The first-order valence-electron chi connectivity index (χ1n) is 7.06. The minimum Gasteiger partial charge on any atom is -0.306 e. The van der Waals surface area contributed by atoms with Crippen molar-refractivity contribution in [2.45, 2.75) is 18.4 Å². The van der Waals surface area contributed by atoms with Crippen molar-refractivity contribution < 1.29 is 13.2 Å². The maximum atomic E-state index is 11.8. The summed E-state index contributed by atoms with van der Waals surface area (Å²) in [4.78, 5) is 23.6. The van der Waals surface area contributed by atoms with Crippen LogP contribution >= 0.6 is 0 Å².